The van der Waals surface area contributed by atoms with Crippen molar-refractivity contribution in [1.29, 1.82) is 5.26 Å². The average molecular weight is 254 g/mol. The summed E-state index contributed by atoms with van der Waals surface area (Å²) < 4.78 is 30.7. The normalized spacial score (nSPS) is 12.5. The summed E-state index contributed by atoms with van der Waals surface area (Å²) in [7, 11) is -3.64. The molecule has 0 heterocycles. The topological polar surface area (TPSA) is 79.2 Å². The molecule has 0 bridgehead atoms. The second-order valence-electron chi connectivity index (χ2n) is 3.38. The summed E-state index contributed by atoms with van der Waals surface area (Å²) in [5.41, 5.74) is 0.413. The van der Waals surface area contributed by atoms with Crippen LogP contribution in [0.15, 0.2) is 24.3 Å². The third-order valence-electron chi connectivity index (χ3n) is 2.07. The SMILES string of the molecule is CCOc1ccc(NS(=O)(=O)C(C)C#N)cc1. The Morgan fingerprint density at radius 1 is 1.41 bits per heavy atom. The number of hydrogen-bond acceptors (Lipinski definition) is 4. The predicted molar refractivity (Wildman–Crippen MR) is 65.2 cm³/mol. The van der Waals surface area contributed by atoms with Gasteiger partial charge in [-0.1, -0.05) is 0 Å². The summed E-state index contributed by atoms with van der Waals surface area (Å²) in [5, 5.41) is 7.48. The number of rotatable bonds is 5. The molecule has 0 radical (unpaired) electrons. The molecule has 1 aromatic rings. The van der Waals surface area contributed by atoms with Crippen LogP contribution in [-0.4, -0.2) is 20.3 Å². The number of sulfonamides is 1. The van der Waals surface area contributed by atoms with Crippen molar-refractivity contribution in [3.63, 3.8) is 0 Å². The standard InChI is InChI=1S/C11H14N2O3S/c1-3-16-11-6-4-10(5-7-11)13-17(14,15)9(2)8-12/h4-7,9,13H,3H2,1-2H3. The highest BCUT2D eigenvalue weighted by Crippen LogP contribution is 2.17. The van der Waals surface area contributed by atoms with Gasteiger partial charge in [0, 0.05) is 5.69 Å². The maximum Gasteiger partial charge on any atom is 0.248 e. The molecule has 1 rings (SSSR count). The number of nitriles is 1. The average Bonchev–Trinajstić information content (AvgIpc) is 2.30. The van der Waals surface area contributed by atoms with E-state index in [0.717, 1.165) is 0 Å². The van der Waals surface area contributed by atoms with Gasteiger partial charge in [-0.2, -0.15) is 5.26 Å². The van der Waals surface area contributed by atoms with E-state index in [1.165, 1.54) is 6.92 Å². The van der Waals surface area contributed by atoms with Gasteiger partial charge in [-0.15, -0.1) is 0 Å². The molecule has 0 aliphatic heterocycles. The van der Waals surface area contributed by atoms with Crippen LogP contribution in [0.5, 0.6) is 5.75 Å². The fourth-order valence-electron chi connectivity index (χ4n) is 1.11. The monoisotopic (exact) mass is 254 g/mol. The molecule has 0 aliphatic rings. The van der Waals surface area contributed by atoms with Gasteiger partial charge in [-0.25, -0.2) is 8.42 Å². The van der Waals surface area contributed by atoms with Crippen molar-refractivity contribution in [2.24, 2.45) is 0 Å². The Labute approximate surface area is 101 Å². The zero-order chi connectivity index (χ0) is 12.9. The number of ether oxygens (including phenoxy) is 1. The molecule has 5 nitrogen and oxygen atoms in total. The van der Waals surface area contributed by atoms with Crippen LogP contribution in [0.2, 0.25) is 0 Å². The minimum Gasteiger partial charge on any atom is -0.494 e. The molecule has 0 spiro atoms. The van der Waals surface area contributed by atoms with Crippen molar-refractivity contribution in [3.8, 4) is 11.8 Å². The van der Waals surface area contributed by atoms with Gasteiger partial charge in [0.1, 0.15) is 5.75 Å². The number of anilines is 1. The molecular formula is C11H14N2O3S. The van der Waals surface area contributed by atoms with Gasteiger partial charge in [0.05, 0.1) is 12.7 Å². The first kappa shape index (κ1) is 13.3. The van der Waals surface area contributed by atoms with Gasteiger partial charge in [0.15, 0.2) is 5.25 Å². The molecule has 0 aliphatic carbocycles. The second-order valence-corrected chi connectivity index (χ2v) is 5.38. The Morgan fingerprint density at radius 3 is 2.47 bits per heavy atom. The van der Waals surface area contributed by atoms with Crippen LogP contribution in [0.25, 0.3) is 0 Å². The lowest BCUT2D eigenvalue weighted by atomic mass is 10.3. The van der Waals surface area contributed by atoms with Gasteiger partial charge in [0.2, 0.25) is 10.0 Å². The maximum atomic E-state index is 11.6. The van der Waals surface area contributed by atoms with E-state index in [1.807, 2.05) is 6.92 Å². The van der Waals surface area contributed by atoms with Crippen molar-refractivity contribution in [2.75, 3.05) is 11.3 Å². The van der Waals surface area contributed by atoms with Crippen molar-refractivity contribution in [1.82, 2.24) is 0 Å². The van der Waals surface area contributed by atoms with E-state index in [2.05, 4.69) is 4.72 Å². The fraction of sp³-hybridized carbons (Fsp3) is 0.364. The van der Waals surface area contributed by atoms with Crippen LogP contribution in [0.3, 0.4) is 0 Å². The molecule has 1 N–H and O–H groups in total. The van der Waals surface area contributed by atoms with E-state index >= 15 is 0 Å². The third kappa shape index (κ3) is 3.64. The van der Waals surface area contributed by atoms with Crippen LogP contribution in [0, 0.1) is 11.3 Å². The Bertz CT molecular complexity index is 503. The number of nitrogens with zero attached hydrogens (tertiary/aromatic N) is 1. The number of hydrogen-bond donors (Lipinski definition) is 1. The van der Waals surface area contributed by atoms with Crippen LogP contribution in [0.4, 0.5) is 5.69 Å². The van der Waals surface area contributed by atoms with Crippen molar-refractivity contribution in [2.45, 2.75) is 19.1 Å². The molecule has 17 heavy (non-hydrogen) atoms. The molecule has 1 atom stereocenters. The number of benzene rings is 1. The van der Waals surface area contributed by atoms with Crippen molar-refractivity contribution < 1.29 is 13.2 Å². The van der Waals surface area contributed by atoms with E-state index in [-0.39, 0.29) is 0 Å². The zero-order valence-corrected chi connectivity index (χ0v) is 10.5. The fourth-order valence-corrected chi connectivity index (χ4v) is 1.89. The highest BCUT2D eigenvalue weighted by molar-refractivity contribution is 7.93. The molecule has 1 aromatic carbocycles. The highest BCUT2D eigenvalue weighted by Gasteiger charge is 2.19. The van der Waals surface area contributed by atoms with Crippen LogP contribution in [0.1, 0.15) is 13.8 Å². The van der Waals surface area contributed by atoms with E-state index in [1.54, 1.807) is 30.3 Å². The Hall–Kier alpha value is -1.74. The molecule has 0 saturated heterocycles. The van der Waals surface area contributed by atoms with Crippen molar-refractivity contribution in [3.05, 3.63) is 24.3 Å². The molecule has 1 unspecified atom stereocenters. The highest BCUT2D eigenvalue weighted by atomic mass is 32.2. The van der Waals surface area contributed by atoms with Gasteiger partial charge >= 0.3 is 0 Å². The quantitative estimate of drug-likeness (QED) is 0.868. The first-order valence-corrected chi connectivity index (χ1v) is 6.68. The number of nitrogens with one attached hydrogen (secondary N) is 1. The third-order valence-corrected chi connectivity index (χ3v) is 3.63. The molecule has 0 amide bonds. The lowest BCUT2D eigenvalue weighted by Crippen LogP contribution is -2.23. The summed E-state index contributed by atoms with van der Waals surface area (Å²) >= 11 is 0. The first-order valence-electron chi connectivity index (χ1n) is 5.13. The largest absolute Gasteiger partial charge is 0.494 e. The molecule has 0 saturated carbocycles. The first-order chi connectivity index (χ1) is 7.99. The van der Waals surface area contributed by atoms with Crippen molar-refractivity contribution >= 4 is 15.7 Å². The molecule has 6 heteroatoms. The van der Waals surface area contributed by atoms with Crippen LogP contribution >= 0.6 is 0 Å². The summed E-state index contributed by atoms with van der Waals surface area (Å²) in [6, 6.07) is 8.19. The Balaban J connectivity index is 2.80. The van der Waals surface area contributed by atoms with Gasteiger partial charge in [0.25, 0.3) is 0 Å². The Kier molecular flexibility index (Phi) is 4.35. The Morgan fingerprint density at radius 2 is 2.00 bits per heavy atom. The lowest BCUT2D eigenvalue weighted by molar-refractivity contribution is 0.340. The van der Waals surface area contributed by atoms with E-state index < -0.39 is 15.3 Å². The summed E-state index contributed by atoms with van der Waals surface area (Å²) in [6.07, 6.45) is 0. The maximum absolute atomic E-state index is 11.6. The predicted octanol–water partition coefficient (Wildman–Crippen LogP) is 1.74. The van der Waals surface area contributed by atoms with Gasteiger partial charge < -0.3 is 4.74 Å². The molecule has 0 fully saturated rings. The second kappa shape index (κ2) is 5.55. The minimum atomic E-state index is -3.64. The van der Waals surface area contributed by atoms with Crippen LogP contribution in [-0.2, 0) is 10.0 Å². The van der Waals surface area contributed by atoms with Crippen LogP contribution < -0.4 is 9.46 Å². The lowest BCUT2D eigenvalue weighted by Gasteiger charge is -2.09. The van der Waals surface area contributed by atoms with E-state index in [9.17, 15) is 8.42 Å². The smallest absolute Gasteiger partial charge is 0.248 e. The molecule has 0 aromatic heterocycles. The van der Waals surface area contributed by atoms with Gasteiger partial charge in [-0.3, -0.25) is 4.72 Å². The van der Waals surface area contributed by atoms with E-state index in [4.69, 9.17) is 10.00 Å². The molecule has 92 valence electrons. The molecular weight excluding hydrogens is 240 g/mol. The summed E-state index contributed by atoms with van der Waals surface area (Å²) in [6.45, 7) is 3.75. The van der Waals surface area contributed by atoms with Gasteiger partial charge in [-0.05, 0) is 38.1 Å². The minimum absolute atomic E-state index is 0.413. The van der Waals surface area contributed by atoms with E-state index in [0.29, 0.717) is 18.0 Å². The summed E-state index contributed by atoms with van der Waals surface area (Å²) in [4.78, 5) is 0. The summed E-state index contributed by atoms with van der Waals surface area (Å²) in [5.74, 6) is 0.670. The zero-order valence-electron chi connectivity index (χ0n) is 9.67.